The van der Waals surface area contributed by atoms with Gasteiger partial charge in [0.1, 0.15) is 18.3 Å². The first kappa shape index (κ1) is 21.0. The van der Waals surface area contributed by atoms with E-state index < -0.39 is 72.9 Å². The van der Waals surface area contributed by atoms with Gasteiger partial charge in [0, 0.05) is 0 Å². The molecule has 12 heteroatoms. The number of hydrogen-bond acceptors (Lipinski definition) is 12. The van der Waals surface area contributed by atoms with E-state index in [1.165, 1.54) is 0 Å². The van der Waals surface area contributed by atoms with E-state index in [1.807, 2.05) is 0 Å². The second-order valence-electron chi connectivity index (χ2n) is 6.09. The predicted molar refractivity (Wildman–Crippen MR) is 79.4 cm³/mol. The van der Waals surface area contributed by atoms with Crippen molar-refractivity contribution in [2.24, 2.45) is 0 Å². The Bertz CT molecular complexity index is 612. The minimum atomic E-state index is -1.60. The highest BCUT2D eigenvalue weighted by atomic mass is 16.8. The normalized spacial score (nSPS) is 32.7. The van der Waals surface area contributed by atoms with Gasteiger partial charge in [0.25, 0.3) is 0 Å². The highest BCUT2D eigenvalue weighted by Gasteiger charge is 2.62. The molecule has 0 aromatic carbocycles. The van der Waals surface area contributed by atoms with Crippen LogP contribution in [0.15, 0.2) is 0 Å². The zero-order chi connectivity index (χ0) is 20.5. The van der Waals surface area contributed by atoms with E-state index in [2.05, 4.69) is 0 Å². The Labute approximate surface area is 152 Å². The summed E-state index contributed by atoms with van der Waals surface area (Å²) in [5.41, 5.74) is 0. The summed E-state index contributed by atoms with van der Waals surface area (Å²) in [7, 11) is 0. The first-order valence-corrected chi connectivity index (χ1v) is 8.04. The number of aliphatic hydroxyl groups excluding tert-OH is 3. The summed E-state index contributed by atoms with van der Waals surface area (Å²) in [6.45, 7) is 3.37. The molecule has 0 aliphatic carbocycles. The predicted octanol–water partition coefficient (Wildman–Crippen LogP) is -2.85. The summed E-state index contributed by atoms with van der Waals surface area (Å²) in [5.74, 6) is -4.36. The molecule has 2 aliphatic heterocycles. The average molecular weight is 392 g/mol. The van der Waals surface area contributed by atoms with E-state index in [4.69, 9.17) is 23.7 Å². The van der Waals surface area contributed by atoms with Gasteiger partial charge in [0.2, 0.25) is 18.5 Å². The standard InChI is InChI=1S/C15H20O12/c1-4(16)11(19)24-9-7-8(23-14(9)22)10(25-12(20)5(2)17)15(26-7)27-13(21)6(3)18/h4-10,15-18H,1-3H3. The SMILES string of the molecule is CC(O)C(=O)OC1OC2C(OC(=O)C(C)O)C(=O)OC2C1OC(=O)C(C)O. The summed E-state index contributed by atoms with van der Waals surface area (Å²) in [4.78, 5) is 46.8. The van der Waals surface area contributed by atoms with Crippen LogP contribution in [0.5, 0.6) is 0 Å². The van der Waals surface area contributed by atoms with Gasteiger partial charge in [-0.2, -0.15) is 0 Å². The van der Waals surface area contributed by atoms with Gasteiger partial charge in [-0.1, -0.05) is 0 Å². The van der Waals surface area contributed by atoms with Crippen molar-refractivity contribution < 1.29 is 58.2 Å². The summed E-state index contributed by atoms with van der Waals surface area (Å²) < 4.78 is 25.1. The molecule has 0 amide bonds. The van der Waals surface area contributed by atoms with E-state index in [9.17, 15) is 34.5 Å². The summed E-state index contributed by atoms with van der Waals surface area (Å²) in [6, 6.07) is 0. The third kappa shape index (κ3) is 4.53. The number of carbonyl (C=O) groups is 4. The van der Waals surface area contributed by atoms with Crippen LogP contribution in [0.25, 0.3) is 0 Å². The fraction of sp³-hybridized carbons (Fsp3) is 0.733. The molecule has 0 bridgehead atoms. The van der Waals surface area contributed by atoms with Crippen LogP contribution < -0.4 is 0 Å². The number of fused-ring (bicyclic) bond motifs is 1. The Hall–Kier alpha value is -2.28. The highest BCUT2D eigenvalue weighted by molar-refractivity contribution is 5.83. The summed E-state index contributed by atoms with van der Waals surface area (Å²) in [5, 5.41) is 27.8. The molecule has 152 valence electrons. The first-order chi connectivity index (χ1) is 12.5. The molecule has 27 heavy (non-hydrogen) atoms. The molecular weight excluding hydrogens is 372 g/mol. The second-order valence-corrected chi connectivity index (χ2v) is 6.09. The smallest absolute Gasteiger partial charge is 0.350 e. The molecule has 2 fully saturated rings. The maximum absolute atomic E-state index is 11.9. The Morgan fingerprint density at radius 1 is 0.852 bits per heavy atom. The Morgan fingerprint density at radius 3 is 1.85 bits per heavy atom. The van der Waals surface area contributed by atoms with Gasteiger partial charge in [-0.3, -0.25) is 0 Å². The number of aliphatic hydroxyl groups is 3. The number of ether oxygens (including phenoxy) is 5. The third-order valence-electron chi connectivity index (χ3n) is 3.74. The number of carbonyl (C=O) groups excluding carboxylic acids is 4. The van der Waals surface area contributed by atoms with Crippen molar-refractivity contribution in [3.63, 3.8) is 0 Å². The molecule has 2 aliphatic rings. The largest absolute Gasteiger partial charge is 0.452 e. The molecule has 8 unspecified atom stereocenters. The van der Waals surface area contributed by atoms with E-state index in [1.54, 1.807) is 0 Å². The molecule has 12 nitrogen and oxygen atoms in total. The lowest BCUT2D eigenvalue weighted by atomic mass is 10.1. The van der Waals surface area contributed by atoms with Crippen LogP contribution in [0.3, 0.4) is 0 Å². The summed E-state index contributed by atoms with van der Waals surface area (Å²) in [6.07, 6.45) is -11.8. The monoisotopic (exact) mass is 392 g/mol. The van der Waals surface area contributed by atoms with Gasteiger partial charge in [0.15, 0.2) is 12.2 Å². The molecule has 2 heterocycles. The van der Waals surface area contributed by atoms with Crippen LogP contribution in [0.4, 0.5) is 0 Å². The van der Waals surface area contributed by atoms with Crippen molar-refractivity contribution in [2.45, 2.75) is 69.8 Å². The minimum Gasteiger partial charge on any atom is -0.452 e. The van der Waals surface area contributed by atoms with E-state index in [0.29, 0.717) is 0 Å². The number of rotatable bonds is 6. The van der Waals surface area contributed by atoms with Crippen LogP contribution in [0.2, 0.25) is 0 Å². The third-order valence-corrected chi connectivity index (χ3v) is 3.74. The molecule has 2 saturated heterocycles. The lowest BCUT2D eigenvalue weighted by Crippen LogP contribution is -2.41. The van der Waals surface area contributed by atoms with Crippen molar-refractivity contribution in [3.05, 3.63) is 0 Å². The van der Waals surface area contributed by atoms with Crippen molar-refractivity contribution >= 4 is 23.9 Å². The topological polar surface area (TPSA) is 175 Å². The number of esters is 4. The molecule has 0 spiro atoms. The minimum absolute atomic E-state index is 1.02. The second kappa shape index (κ2) is 8.17. The van der Waals surface area contributed by atoms with Crippen molar-refractivity contribution in [1.82, 2.24) is 0 Å². The molecule has 0 aromatic heterocycles. The Morgan fingerprint density at radius 2 is 1.33 bits per heavy atom. The lowest BCUT2D eigenvalue weighted by molar-refractivity contribution is -0.214. The highest BCUT2D eigenvalue weighted by Crippen LogP contribution is 2.36. The maximum Gasteiger partial charge on any atom is 0.350 e. The van der Waals surface area contributed by atoms with Gasteiger partial charge < -0.3 is 39.0 Å². The van der Waals surface area contributed by atoms with E-state index in [0.717, 1.165) is 20.8 Å². The molecule has 2 rings (SSSR count). The van der Waals surface area contributed by atoms with Crippen LogP contribution >= 0.6 is 0 Å². The number of hydrogen-bond donors (Lipinski definition) is 3. The van der Waals surface area contributed by atoms with Crippen molar-refractivity contribution in [2.75, 3.05) is 0 Å². The van der Waals surface area contributed by atoms with Crippen LogP contribution in [-0.4, -0.2) is 88.2 Å². The zero-order valence-electron chi connectivity index (χ0n) is 14.6. The molecule has 3 N–H and O–H groups in total. The summed E-state index contributed by atoms with van der Waals surface area (Å²) >= 11 is 0. The molecule has 0 aromatic rings. The Kier molecular flexibility index (Phi) is 6.36. The van der Waals surface area contributed by atoms with Gasteiger partial charge in [-0.15, -0.1) is 0 Å². The van der Waals surface area contributed by atoms with Gasteiger partial charge in [-0.05, 0) is 20.8 Å². The fourth-order valence-electron chi connectivity index (χ4n) is 2.37. The zero-order valence-corrected chi connectivity index (χ0v) is 14.6. The van der Waals surface area contributed by atoms with Gasteiger partial charge in [0.05, 0.1) is 0 Å². The van der Waals surface area contributed by atoms with Gasteiger partial charge in [-0.25, -0.2) is 19.2 Å². The van der Waals surface area contributed by atoms with E-state index >= 15 is 0 Å². The molecule has 0 saturated carbocycles. The van der Waals surface area contributed by atoms with Gasteiger partial charge >= 0.3 is 23.9 Å². The molecular formula is C15H20O12. The fourth-order valence-corrected chi connectivity index (χ4v) is 2.37. The average Bonchev–Trinajstić information content (AvgIpc) is 3.04. The van der Waals surface area contributed by atoms with Crippen molar-refractivity contribution in [1.29, 1.82) is 0 Å². The lowest BCUT2D eigenvalue weighted by Gasteiger charge is -2.23. The van der Waals surface area contributed by atoms with Crippen LogP contribution in [0.1, 0.15) is 20.8 Å². The molecule has 8 atom stereocenters. The van der Waals surface area contributed by atoms with Crippen LogP contribution in [-0.2, 0) is 42.9 Å². The molecule has 0 radical (unpaired) electrons. The van der Waals surface area contributed by atoms with Crippen molar-refractivity contribution in [3.8, 4) is 0 Å². The van der Waals surface area contributed by atoms with E-state index in [-0.39, 0.29) is 0 Å². The Balaban J connectivity index is 2.21. The quantitative estimate of drug-likeness (QED) is 0.312. The van der Waals surface area contributed by atoms with Crippen LogP contribution in [0, 0.1) is 0 Å². The first-order valence-electron chi connectivity index (χ1n) is 8.04. The maximum atomic E-state index is 11.9.